The number of hydrogen-bond acceptors (Lipinski definition) is 5. The van der Waals surface area contributed by atoms with Gasteiger partial charge < -0.3 is 19.8 Å². The van der Waals surface area contributed by atoms with Crippen LogP contribution in [0.3, 0.4) is 0 Å². The minimum Gasteiger partial charge on any atom is -0.391 e. The number of allylic oxidation sites excluding steroid dienone is 12. The Morgan fingerprint density at radius 2 is 1.28 bits per heavy atom. The number of nitrogens with one attached hydrogen (secondary N) is 1. The molecule has 0 bridgehead atoms. The van der Waals surface area contributed by atoms with E-state index < -0.39 is 20.0 Å². The van der Waals surface area contributed by atoms with Crippen LogP contribution in [0, 0.1) is 0 Å². The predicted octanol–water partition coefficient (Wildman–Crippen LogP) is 8.90. The third-order valence-electron chi connectivity index (χ3n) is 7.22. The number of aliphatic hydroxyl groups excluding tert-OH is 1. The maximum absolute atomic E-state index is 12.7. The van der Waals surface area contributed by atoms with Gasteiger partial charge in [-0.2, -0.15) is 0 Å². The summed E-state index contributed by atoms with van der Waals surface area (Å²) in [4.78, 5) is 22.8. The first kappa shape index (κ1) is 44.9. The molecule has 9 heteroatoms. The van der Waals surface area contributed by atoms with Crippen LogP contribution in [0.5, 0.6) is 0 Å². The summed E-state index contributed by atoms with van der Waals surface area (Å²) in [5, 5.41) is 13.6. The molecule has 8 nitrogen and oxygen atoms in total. The summed E-state index contributed by atoms with van der Waals surface area (Å²) in [5.41, 5.74) is 0. The molecule has 1 amide bonds. The predicted molar refractivity (Wildman–Crippen MR) is 198 cm³/mol. The molecule has 0 heterocycles. The zero-order valence-electron chi connectivity index (χ0n) is 30.2. The molecule has 0 aliphatic rings. The van der Waals surface area contributed by atoms with E-state index in [2.05, 4.69) is 92.1 Å². The summed E-state index contributed by atoms with van der Waals surface area (Å²) >= 11 is 0. The topological polar surface area (TPSA) is 105 Å². The SMILES string of the molecule is CC/C=C\C/C=C\C/C=C\C/C=C\C/C=C\C/C=C\CCCCC(=O)NC(COP(=O)(O)OCC[N+](C)(C)C)C(O)CCCCCC. The Morgan fingerprint density at radius 3 is 1.79 bits per heavy atom. The Hall–Kier alpha value is -2.06. The molecule has 0 aromatic carbocycles. The lowest BCUT2D eigenvalue weighted by Gasteiger charge is -2.26. The van der Waals surface area contributed by atoms with Gasteiger partial charge in [0.05, 0.1) is 39.9 Å². The molecule has 0 fully saturated rings. The fourth-order valence-electron chi connectivity index (χ4n) is 4.34. The lowest BCUT2D eigenvalue weighted by atomic mass is 10.0. The number of hydrogen-bond donors (Lipinski definition) is 3. The van der Waals surface area contributed by atoms with Crippen molar-refractivity contribution in [1.82, 2.24) is 5.32 Å². The largest absolute Gasteiger partial charge is 0.472 e. The number of phosphoric ester groups is 1. The summed E-state index contributed by atoms with van der Waals surface area (Å²) in [6.45, 7) is 4.57. The highest BCUT2D eigenvalue weighted by Gasteiger charge is 2.28. The second-order valence-corrected chi connectivity index (χ2v) is 14.3. The van der Waals surface area contributed by atoms with Crippen molar-refractivity contribution in [3.05, 3.63) is 72.9 Å². The van der Waals surface area contributed by atoms with Crippen LogP contribution in [-0.4, -0.2) is 73.4 Å². The van der Waals surface area contributed by atoms with Crippen LogP contribution >= 0.6 is 7.82 Å². The van der Waals surface area contributed by atoms with E-state index in [1.807, 2.05) is 21.1 Å². The smallest absolute Gasteiger partial charge is 0.391 e. The first-order chi connectivity index (χ1) is 22.5. The maximum atomic E-state index is 12.7. The van der Waals surface area contributed by atoms with Gasteiger partial charge in [0.15, 0.2) is 0 Å². The van der Waals surface area contributed by atoms with Gasteiger partial charge >= 0.3 is 7.82 Å². The van der Waals surface area contributed by atoms with Gasteiger partial charge in [0, 0.05) is 6.42 Å². The summed E-state index contributed by atoms with van der Waals surface area (Å²) in [5.74, 6) is -0.201. The van der Waals surface area contributed by atoms with Gasteiger partial charge in [0.2, 0.25) is 5.91 Å². The molecule has 47 heavy (non-hydrogen) atoms. The Labute approximate surface area is 287 Å². The Balaban J connectivity index is 4.33. The summed E-state index contributed by atoms with van der Waals surface area (Å²) in [7, 11) is 1.56. The Bertz CT molecular complexity index is 997. The number of nitrogens with zero attached hydrogens (tertiary/aromatic N) is 1. The van der Waals surface area contributed by atoms with Crippen molar-refractivity contribution < 1.29 is 32.9 Å². The van der Waals surface area contributed by atoms with E-state index in [9.17, 15) is 19.4 Å². The molecule has 0 radical (unpaired) electrons. The van der Waals surface area contributed by atoms with Gasteiger partial charge in [-0.3, -0.25) is 13.8 Å². The van der Waals surface area contributed by atoms with E-state index >= 15 is 0 Å². The van der Waals surface area contributed by atoms with Gasteiger partial charge in [-0.1, -0.05) is 112 Å². The van der Waals surface area contributed by atoms with E-state index in [0.29, 0.717) is 30.3 Å². The van der Waals surface area contributed by atoms with Crippen LogP contribution in [-0.2, 0) is 18.4 Å². The van der Waals surface area contributed by atoms with Gasteiger partial charge in [-0.05, 0) is 64.2 Å². The van der Waals surface area contributed by atoms with Crippen LogP contribution in [0.4, 0.5) is 0 Å². The van der Waals surface area contributed by atoms with E-state index in [0.717, 1.165) is 77.0 Å². The molecule has 0 aliphatic carbocycles. The molecule has 3 unspecified atom stereocenters. The third kappa shape index (κ3) is 32.3. The molecule has 270 valence electrons. The average Bonchev–Trinajstić information content (AvgIpc) is 3.01. The molecule has 0 saturated heterocycles. The minimum absolute atomic E-state index is 0.0602. The molecule has 0 saturated carbocycles. The number of rotatable bonds is 30. The molecule has 3 atom stereocenters. The third-order valence-corrected chi connectivity index (χ3v) is 8.20. The first-order valence-corrected chi connectivity index (χ1v) is 19.3. The number of quaternary nitrogens is 1. The van der Waals surface area contributed by atoms with Crippen molar-refractivity contribution in [2.45, 2.75) is 122 Å². The van der Waals surface area contributed by atoms with Gasteiger partial charge in [0.25, 0.3) is 0 Å². The molecule has 0 aromatic heterocycles. The fraction of sp³-hybridized carbons (Fsp3) is 0.658. The molecule has 0 aromatic rings. The number of phosphoric acid groups is 1. The second kappa shape index (κ2) is 30.0. The molecule has 0 rings (SSSR count). The lowest BCUT2D eigenvalue weighted by Crippen LogP contribution is -2.46. The van der Waals surface area contributed by atoms with E-state index in [-0.39, 0.29) is 19.1 Å². The van der Waals surface area contributed by atoms with Crippen molar-refractivity contribution in [3.8, 4) is 0 Å². The second-order valence-electron chi connectivity index (χ2n) is 12.9. The molecule has 0 aliphatic heterocycles. The van der Waals surface area contributed by atoms with Crippen molar-refractivity contribution in [2.75, 3.05) is 40.9 Å². The standard InChI is InChI=1S/C38H67N2O6P/c1-6-8-10-12-13-14-15-16-17-18-19-20-21-22-23-24-25-26-27-28-30-32-38(42)39-36(37(41)31-29-11-9-7-2)35-46-47(43,44)45-34-33-40(3,4)5/h8,10,13-14,16-17,19-20,22-23,25-26,36-37,41H,6-7,9,11-12,15,18,21,24,27-35H2,1-5H3,(H-,39,42,43,44)/p+1/b10-8-,14-13-,17-16-,20-19-,23-22-,26-25-. The van der Waals surface area contributed by atoms with Crippen LogP contribution in [0.15, 0.2) is 72.9 Å². The van der Waals surface area contributed by atoms with Crippen molar-refractivity contribution in [1.29, 1.82) is 0 Å². The summed E-state index contributed by atoms with van der Waals surface area (Å²) < 4.78 is 23.2. The fourth-order valence-corrected chi connectivity index (χ4v) is 5.07. The Morgan fingerprint density at radius 1 is 0.745 bits per heavy atom. The van der Waals surface area contributed by atoms with Crippen molar-refractivity contribution >= 4 is 13.7 Å². The van der Waals surface area contributed by atoms with E-state index in [1.54, 1.807) is 0 Å². The molecule has 3 N–H and O–H groups in total. The summed E-state index contributed by atoms with van der Waals surface area (Å²) in [6.07, 6.45) is 38.4. The number of unbranched alkanes of at least 4 members (excludes halogenated alkanes) is 5. The highest BCUT2D eigenvalue weighted by molar-refractivity contribution is 7.47. The number of aliphatic hydroxyl groups is 1. The summed E-state index contributed by atoms with van der Waals surface area (Å²) in [6, 6.07) is -0.782. The first-order valence-electron chi connectivity index (χ1n) is 17.8. The zero-order chi connectivity index (χ0) is 35.1. The highest BCUT2D eigenvalue weighted by Crippen LogP contribution is 2.43. The minimum atomic E-state index is -4.31. The van der Waals surface area contributed by atoms with Gasteiger partial charge in [-0.15, -0.1) is 0 Å². The van der Waals surface area contributed by atoms with Crippen LogP contribution in [0.1, 0.15) is 110 Å². The molecular formula is C38H68N2O6P+. The number of carbonyl (C=O) groups is 1. The monoisotopic (exact) mass is 679 g/mol. The Kier molecular flexibility index (Phi) is 28.7. The van der Waals surface area contributed by atoms with Crippen LogP contribution < -0.4 is 5.32 Å². The average molecular weight is 680 g/mol. The van der Waals surface area contributed by atoms with Crippen molar-refractivity contribution in [3.63, 3.8) is 0 Å². The van der Waals surface area contributed by atoms with Gasteiger partial charge in [0.1, 0.15) is 13.2 Å². The van der Waals surface area contributed by atoms with E-state index in [1.165, 1.54) is 0 Å². The highest BCUT2D eigenvalue weighted by atomic mass is 31.2. The zero-order valence-corrected chi connectivity index (χ0v) is 31.1. The molecular weight excluding hydrogens is 611 g/mol. The lowest BCUT2D eigenvalue weighted by molar-refractivity contribution is -0.870. The van der Waals surface area contributed by atoms with Crippen molar-refractivity contribution in [2.24, 2.45) is 0 Å². The van der Waals surface area contributed by atoms with Crippen LogP contribution in [0.2, 0.25) is 0 Å². The molecule has 0 spiro atoms. The number of likely N-dealkylation sites (N-methyl/N-ethyl adjacent to an activating group) is 1. The number of amides is 1. The maximum Gasteiger partial charge on any atom is 0.472 e. The van der Waals surface area contributed by atoms with E-state index in [4.69, 9.17) is 9.05 Å². The quantitative estimate of drug-likeness (QED) is 0.0303. The van der Waals surface area contributed by atoms with Crippen LogP contribution in [0.25, 0.3) is 0 Å². The number of carbonyl (C=O) groups excluding carboxylic acids is 1. The normalized spacial score (nSPS) is 15.6. The van der Waals surface area contributed by atoms with Gasteiger partial charge in [-0.25, -0.2) is 4.57 Å².